The Labute approximate surface area is 140 Å². The molecule has 0 atom stereocenters. The molecule has 0 amide bonds. The molecule has 0 saturated carbocycles. The van der Waals surface area contributed by atoms with Gasteiger partial charge in [-0.25, -0.2) is 33.6 Å². The highest BCUT2D eigenvalue weighted by molar-refractivity contribution is 5.72. The van der Waals surface area contributed by atoms with E-state index in [2.05, 4.69) is 24.3 Å². The van der Waals surface area contributed by atoms with Crippen molar-refractivity contribution in [3.8, 4) is 22.3 Å². The van der Waals surface area contributed by atoms with Crippen molar-refractivity contribution in [3.63, 3.8) is 0 Å². The van der Waals surface area contributed by atoms with Crippen molar-refractivity contribution in [3.05, 3.63) is 72.8 Å². The Morgan fingerprint density at radius 3 is 0.792 bits per heavy atom. The SMILES string of the molecule is NN(N)c1ccc(-c2ccc(-c3ccc(N(N)N)cc3)cc2)cc1. The third-order valence-corrected chi connectivity index (χ3v) is 3.88. The van der Waals surface area contributed by atoms with E-state index in [4.69, 9.17) is 23.4 Å². The van der Waals surface area contributed by atoms with E-state index in [-0.39, 0.29) is 0 Å². The van der Waals surface area contributed by atoms with Crippen molar-refractivity contribution in [2.75, 3.05) is 10.2 Å². The number of rotatable bonds is 4. The van der Waals surface area contributed by atoms with Crippen LogP contribution < -0.4 is 33.6 Å². The molecular formula is C18H20N6. The van der Waals surface area contributed by atoms with E-state index in [0.717, 1.165) is 43.9 Å². The van der Waals surface area contributed by atoms with Gasteiger partial charge < -0.3 is 0 Å². The summed E-state index contributed by atoms with van der Waals surface area (Å²) in [5, 5.41) is 2.20. The Bertz CT molecular complexity index is 722. The van der Waals surface area contributed by atoms with E-state index in [1.54, 1.807) is 0 Å². The molecule has 0 aliphatic rings. The number of benzene rings is 3. The first-order valence-electron chi connectivity index (χ1n) is 7.44. The molecule has 0 bridgehead atoms. The standard InChI is InChI=1S/C18H20N6/c19-23(20)17-9-5-15(6-10-17)13-1-2-14(4-3-13)16-7-11-18(12-8-16)24(21)22/h1-12H,19-22H2. The lowest BCUT2D eigenvalue weighted by Crippen LogP contribution is -2.37. The molecule has 3 aromatic carbocycles. The molecule has 0 fully saturated rings. The van der Waals surface area contributed by atoms with Crippen molar-refractivity contribution in [1.29, 1.82) is 0 Å². The first kappa shape index (κ1) is 16.0. The van der Waals surface area contributed by atoms with Gasteiger partial charge >= 0.3 is 0 Å². The molecule has 0 aliphatic carbocycles. The maximum absolute atomic E-state index is 5.51. The summed E-state index contributed by atoms with van der Waals surface area (Å²) in [6.45, 7) is 0. The van der Waals surface area contributed by atoms with Gasteiger partial charge in [-0.3, -0.25) is 0 Å². The lowest BCUT2D eigenvalue weighted by atomic mass is 10.00. The van der Waals surface area contributed by atoms with Crippen LogP contribution in [0.1, 0.15) is 0 Å². The molecule has 0 saturated heterocycles. The first-order valence-corrected chi connectivity index (χ1v) is 7.44. The fourth-order valence-corrected chi connectivity index (χ4v) is 2.51. The van der Waals surface area contributed by atoms with Crippen LogP contribution in [0.4, 0.5) is 11.4 Å². The maximum Gasteiger partial charge on any atom is 0.0697 e. The van der Waals surface area contributed by atoms with Crippen LogP contribution in [0, 0.1) is 0 Å². The zero-order valence-electron chi connectivity index (χ0n) is 13.1. The molecule has 3 rings (SSSR count). The molecule has 0 unspecified atom stereocenters. The van der Waals surface area contributed by atoms with Gasteiger partial charge in [-0.05, 0) is 46.5 Å². The second kappa shape index (κ2) is 6.69. The average molecular weight is 320 g/mol. The van der Waals surface area contributed by atoms with Gasteiger partial charge in [0.2, 0.25) is 0 Å². The summed E-state index contributed by atoms with van der Waals surface area (Å²) < 4.78 is 0. The van der Waals surface area contributed by atoms with Crippen LogP contribution in [0.25, 0.3) is 22.3 Å². The zero-order valence-corrected chi connectivity index (χ0v) is 13.1. The molecule has 3 aromatic rings. The van der Waals surface area contributed by atoms with Gasteiger partial charge in [0.25, 0.3) is 0 Å². The molecule has 6 heteroatoms. The quantitative estimate of drug-likeness (QED) is 0.433. The third-order valence-electron chi connectivity index (χ3n) is 3.88. The lowest BCUT2D eigenvalue weighted by Gasteiger charge is -2.12. The normalized spacial score (nSPS) is 10.5. The van der Waals surface area contributed by atoms with Crippen LogP contribution in [0.3, 0.4) is 0 Å². The Morgan fingerprint density at radius 2 is 0.583 bits per heavy atom. The summed E-state index contributed by atoms with van der Waals surface area (Å²) in [7, 11) is 0. The number of nitrogens with two attached hydrogens (primary N) is 4. The predicted molar refractivity (Wildman–Crippen MR) is 99.0 cm³/mol. The highest BCUT2D eigenvalue weighted by Crippen LogP contribution is 2.26. The van der Waals surface area contributed by atoms with Crippen LogP contribution in [0.15, 0.2) is 72.8 Å². The number of anilines is 2. The number of hydrazine groups is 4. The van der Waals surface area contributed by atoms with Gasteiger partial charge in [0.1, 0.15) is 0 Å². The summed E-state index contributed by atoms with van der Waals surface area (Å²) in [5.41, 5.74) is 5.96. The average Bonchev–Trinajstić information content (AvgIpc) is 2.62. The highest BCUT2D eigenvalue weighted by Gasteiger charge is 2.03. The Balaban J connectivity index is 1.82. The van der Waals surface area contributed by atoms with Gasteiger partial charge in [0.15, 0.2) is 0 Å². The van der Waals surface area contributed by atoms with Crippen LogP contribution in [0.5, 0.6) is 0 Å². The Hall–Kier alpha value is -2.90. The van der Waals surface area contributed by atoms with Gasteiger partial charge in [-0.2, -0.15) is 0 Å². The molecule has 8 N–H and O–H groups in total. The van der Waals surface area contributed by atoms with Gasteiger partial charge in [-0.15, -0.1) is 0 Å². The fourth-order valence-electron chi connectivity index (χ4n) is 2.51. The Morgan fingerprint density at radius 1 is 0.375 bits per heavy atom. The van der Waals surface area contributed by atoms with Crippen LogP contribution >= 0.6 is 0 Å². The second-order valence-electron chi connectivity index (χ2n) is 5.49. The van der Waals surface area contributed by atoms with Crippen molar-refractivity contribution >= 4 is 11.4 Å². The van der Waals surface area contributed by atoms with Gasteiger partial charge in [0, 0.05) is 0 Å². The number of hydrogen-bond acceptors (Lipinski definition) is 6. The highest BCUT2D eigenvalue weighted by atomic mass is 15.6. The molecule has 6 nitrogen and oxygen atoms in total. The van der Waals surface area contributed by atoms with Crippen molar-refractivity contribution in [2.45, 2.75) is 0 Å². The largest absolute Gasteiger partial charge is 0.247 e. The minimum absolute atomic E-state index is 0.754. The van der Waals surface area contributed by atoms with E-state index in [9.17, 15) is 0 Å². The summed E-state index contributed by atoms with van der Waals surface area (Å²) >= 11 is 0. The third kappa shape index (κ3) is 3.37. The van der Waals surface area contributed by atoms with E-state index < -0.39 is 0 Å². The summed E-state index contributed by atoms with van der Waals surface area (Å²) in [6.07, 6.45) is 0. The van der Waals surface area contributed by atoms with Crippen molar-refractivity contribution in [2.24, 2.45) is 23.4 Å². The molecule has 24 heavy (non-hydrogen) atoms. The molecule has 0 heterocycles. The summed E-state index contributed by atoms with van der Waals surface area (Å²) in [4.78, 5) is 0. The summed E-state index contributed by atoms with van der Waals surface area (Å²) in [5.74, 6) is 22.0. The lowest BCUT2D eigenvalue weighted by molar-refractivity contribution is 0.925. The van der Waals surface area contributed by atoms with Gasteiger partial charge in [-0.1, -0.05) is 48.5 Å². The van der Waals surface area contributed by atoms with Gasteiger partial charge in [0.05, 0.1) is 11.4 Å². The predicted octanol–water partition coefficient (Wildman–Crippen LogP) is 2.13. The molecule has 0 radical (unpaired) electrons. The van der Waals surface area contributed by atoms with Crippen molar-refractivity contribution < 1.29 is 0 Å². The summed E-state index contributed by atoms with van der Waals surface area (Å²) in [6, 6.07) is 23.8. The number of hydrogen-bond donors (Lipinski definition) is 4. The minimum atomic E-state index is 0.754. The smallest absolute Gasteiger partial charge is 0.0697 e. The van der Waals surface area contributed by atoms with E-state index in [0.29, 0.717) is 0 Å². The Kier molecular flexibility index (Phi) is 4.45. The second-order valence-corrected chi connectivity index (χ2v) is 5.49. The topological polar surface area (TPSA) is 111 Å². The van der Waals surface area contributed by atoms with Crippen LogP contribution in [-0.4, -0.2) is 0 Å². The molecule has 122 valence electrons. The maximum atomic E-state index is 5.51. The number of nitrogens with zero attached hydrogens (tertiary/aromatic N) is 2. The first-order chi connectivity index (χ1) is 11.5. The van der Waals surface area contributed by atoms with Crippen LogP contribution in [0.2, 0.25) is 0 Å². The van der Waals surface area contributed by atoms with Crippen LogP contribution in [-0.2, 0) is 0 Å². The molecule has 0 aromatic heterocycles. The molecule has 0 aliphatic heterocycles. The zero-order chi connectivity index (χ0) is 17.1. The van der Waals surface area contributed by atoms with Crippen molar-refractivity contribution in [1.82, 2.24) is 0 Å². The minimum Gasteiger partial charge on any atom is -0.247 e. The van der Waals surface area contributed by atoms with E-state index in [1.165, 1.54) is 0 Å². The van der Waals surface area contributed by atoms with E-state index in [1.807, 2.05) is 48.5 Å². The monoisotopic (exact) mass is 320 g/mol. The molecular weight excluding hydrogens is 300 g/mol. The molecule has 0 spiro atoms. The fraction of sp³-hybridized carbons (Fsp3) is 0. The van der Waals surface area contributed by atoms with E-state index >= 15 is 0 Å².